The molecule has 0 aliphatic carbocycles. The van der Waals surface area contributed by atoms with Gasteiger partial charge in [0.2, 0.25) is 5.91 Å². The van der Waals surface area contributed by atoms with E-state index in [1.807, 2.05) is 0 Å². The zero-order valence-electron chi connectivity index (χ0n) is 7.75. The molecule has 0 radical (unpaired) electrons. The molecule has 7 nitrogen and oxygen atoms in total. The van der Waals surface area contributed by atoms with Gasteiger partial charge < -0.3 is 10.8 Å². The van der Waals surface area contributed by atoms with Crippen LogP contribution in [0.5, 0.6) is 0 Å². The number of carbonyl (C=O) groups is 2. The fraction of sp³-hybridized carbons (Fsp3) is 0. The predicted octanol–water partition coefficient (Wildman–Crippen LogP) is -0.270. The quantitative estimate of drug-likeness (QED) is 0.627. The molecule has 1 amide bonds. The number of carbonyl (C=O) groups excluding carboxylic acids is 1. The number of carboxylic acid groups (broad SMARTS) is 1. The molecular weight excluding hydrogens is 238 g/mol. The molecule has 86 valence electrons. The van der Waals surface area contributed by atoms with Crippen LogP contribution in [0.3, 0.4) is 0 Å². The van der Waals surface area contributed by atoms with Gasteiger partial charge in [0, 0.05) is 0 Å². The summed E-state index contributed by atoms with van der Waals surface area (Å²) in [5.41, 5.74) is 3.97. The number of rotatable bonds is 3. The Labute approximate surface area is 90.2 Å². The molecule has 16 heavy (non-hydrogen) atoms. The lowest BCUT2D eigenvalue weighted by Crippen LogP contribution is -2.17. The van der Waals surface area contributed by atoms with Crippen molar-refractivity contribution in [3.8, 4) is 0 Å². The summed E-state index contributed by atoms with van der Waals surface area (Å²) in [6.45, 7) is 0. The zero-order chi connectivity index (χ0) is 12.5. The van der Waals surface area contributed by atoms with Crippen LogP contribution in [0.2, 0.25) is 0 Å². The van der Waals surface area contributed by atoms with Gasteiger partial charge in [-0.25, -0.2) is 4.79 Å². The van der Waals surface area contributed by atoms with Crippen LogP contribution in [0.25, 0.3) is 0 Å². The minimum atomic E-state index is -4.50. The summed E-state index contributed by atoms with van der Waals surface area (Å²) in [6, 6.07) is 2.46. The van der Waals surface area contributed by atoms with E-state index in [-0.39, 0.29) is 0 Å². The third kappa shape index (κ3) is 2.35. The molecule has 1 rings (SSSR count). The summed E-state index contributed by atoms with van der Waals surface area (Å²) in [6.07, 6.45) is 0. The van der Waals surface area contributed by atoms with E-state index in [1.165, 1.54) is 0 Å². The van der Waals surface area contributed by atoms with Crippen molar-refractivity contribution in [2.75, 3.05) is 0 Å². The molecule has 0 saturated carbocycles. The van der Waals surface area contributed by atoms with E-state index in [9.17, 15) is 18.0 Å². The largest absolute Gasteiger partial charge is 0.478 e. The number of primary amides is 1. The first-order valence-corrected chi connectivity index (χ1v) is 5.32. The van der Waals surface area contributed by atoms with Crippen molar-refractivity contribution >= 4 is 22.0 Å². The molecule has 0 heterocycles. The molecule has 0 fully saturated rings. The second kappa shape index (κ2) is 3.91. The van der Waals surface area contributed by atoms with Crippen LogP contribution in [0.15, 0.2) is 23.1 Å². The van der Waals surface area contributed by atoms with Gasteiger partial charge in [0.1, 0.15) is 0 Å². The van der Waals surface area contributed by atoms with Gasteiger partial charge in [0.15, 0.2) is 0 Å². The van der Waals surface area contributed by atoms with Gasteiger partial charge >= 0.3 is 5.97 Å². The minimum absolute atomic E-state index is 0.431. The van der Waals surface area contributed by atoms with Crippen molar-refractivity contribution in [3.05, 3.63) is 29.3 Å². The van der Waals surface area contributed by atoms with Gasteiger partial charge in [0.05, 0.1) is 16.0 Å². The Hall–Kier alpha value is -1.93. The maximum atomic E-state index is 10.9. The summed E-state index contributed by atoms with van der Waals surface area (Å²) in [5.74, 6) is -2.52. The summed E-state index contributed by atoms with van der Waals surface area (Å²) < 4.78 is 30.2. The molecule has 0 aromatic heterocycles. The lowest BCUT2D eigenvalue weighted by molar-refractivity contribution is 0.0692. The first-order valence-electron chi connectivity index (χ1n) is 3.88. The van der Waals surface area contributed by atoms with Crippen molar-refractivity contribution < 1.29 is 27.7 Å². The number of aromatic carboxylic acids is 1. The molecule has 8 heteroatoms. The van der Waals surface area contributed by atoms with E-state index in [2.05, 4.69) is 0 Å². The molecule has 4 N–H and O–H groups in total. The smallest absolute Gasteiger partial charge is 0.336 e. The van der Waals surface area contributed by atoms with Crippen LogP contribution in [-0.4, -0.2) is 30.0 Å². The van der Waals surface area contributed by atoms with E-state index in [1.54, 1.807) is 0 Å². The molecule has 0 bridgehead atoms. The number of benzene rings is 1. The van der Waals surface area contributed by atoms with Gasteiger partial charge in [-0.05, 0) is 18.2 Å². The predicted molar refractivity (Wildman–Crippen MR) is 51.7 cm³/mol. The van der Waals surface area contributed by atoms with E-state index in [0.29, 0.717) is 6.07 Å². The highest BCUT2D eigenvalue weighted by atomic mass is 32.2. The van der Waals surface area contributed by atoms with Gasteiger partial charge in [-0.1, -0.05) is 0 Å². The average molecular weight is 245 g/mol. The van der Waals surface area contributed by atoms with Crippen LogP contribution in [0.1, 0.15) is 20.7 Å². The topological polar surface area (TPSA) is 135 Å². The molecule has 0 atom stereocenters. The molecule has 0 spiro atoms. The first-order chi connectivity index (χ1) is 7.23. The molecule has 0 aliphatic rings. The van der Waals surface area contributed by atoms with Crippen LogP contribution < -0.4 is 5.73 Å². The summed E-state index contributed by atoms with van der Waals surface area (Å²) in [4.78, 5) is 21.0. The third-order valence-corrected chi connectivity index (χ3v) is 2.63. The van der Waals surface area contributed by atoms with Gasteiger partial charge in [0.25, 0.3) is 10.1 Å². The van der Waals surface area contributed by atoms with Crippen LogP contribution >= 0.6 is 0 Å². The second-order valence-electron chi connectivity index (χ2n) is 2.85. The Morgan fingerprint density at radius 2 is 1.75 bits per heavy atom. The molecular formula is C8H7NO6S. The van der Waals surface area contributed by atoms with Crippen LogP contribution in [0.4, 0.5) is 0 Å². The van der Waals surface area contributed by atoms with Crippen molar-refractivity contribution in [3.63, 3.8) is 0 Å². The maximum Gasteiger partial charge on any atom is 0.336 e. The van der Waals surface area contributed by atoms with E-state index in [0.717, 1.165) is 12.1 Å². The van der Waals surface area contributed by atoms with Crippen LogP contribution in [-0.2, 0) is 10.1 Å². The molecule has 1 aromatic carbocycles. The molecule has 0 aliphatic heterocycles. The lowest BCUT2D eigenvalue weighted by Gasteiger charge is -2.03. The number of amides is 1. The first kappa shape index (κ1) is 12.1. The monoisotopic (exact) mass is 245 g/mol. The van der Waals surface area contributed by atoms with Gasteiger partial charge in [-0.15, -0.1) is 0 Å². The molecule has 0 saturated heterocycles. The number of hydrogen-bond donors (Lipinski definition) is 3. The number of hydrogen-bond acceptors (Lipinski definition) is 4. The van der Waals surface area contributed by atoms with Gasteiger partial charge in [-0.2, -0.15) is 8.42 Å². The Morgan fingerprint density at radius 1 is 1.19 bits per heavy atom. The second-order valence-corrected chi connectivity index (χ2v) is 4.27. The molecule has 0 unspecified atom stereocenters. The Bertz CT molecular complexity index is 562. The summed E-state index contributed by atoms with van der Waals surface area (Å²) in [5, 5.41) is 8.69. The SMILES string of the molecule is NC(=O)c1cc(S(=O)(=O)O)ccc1C(=O)O. The number of nitrogens with two attached hydrogens (primary N) is 1. The summed E-state index contributed by atoms with van der Waals surface area (Å²) >= 11 is 0. The van der Waals surface area contributed by atoms with E-state index in [4.69, 9.17) is 15.4 Å². The highest BCUT2D eigenvalue weighted by Gasteiger charge is 2.18. The Morgan fingerprint density at radius 3 is 2.12 bits per heavy atom. The highest BCUT2D eigenvalue weighted by Crippen LogP contribution is 2.15. The van der Waals surface area contributed by atoms with Crippen molar-refractivity contribution in [1.82, 2.24) is 0 Å². The van der Waals surface area contributed by atoms with Gasteiger partial charge in [-0.3, -0.25) is 9.35 Å². The maximum absolute atomic E-state index is 10.9. The fourth-order valence-electron chi connectivity index (χ4n) is 1.07. The highest BCUT2D eigenvalue weighted by molar-refractivity contribution is 7.85. The minimum Gasteiger partial charge on any atom is -0.478 e. The molecule has 1 aromatic rings. The Kier molecular flexibility index (Phi) is 2.97. The Balaban J connectivity index is 3.52. The van der Waals surface area contributed by atoms with E-state index < -0.39 is 38.0 Å². The van der Waals surface area contributed by atoms with Crippen molar-refractivity contribution in [1.29, 1.82) is 0 Å². The standard InChI is InChI=1S/C8H7NO6S/c9-7(10)6-3-4(16(13,14)15)1-2-5(6)8(11)12/h1-3H,(H2,9,10)(H,11,12)(H,13,14,15). The van der Waals surface area contributed by atoms with E-state index >= 15 is 0 Å². The van der Waals surface area contributed by atoms with Crippen LogP contribution in [0, 0.1) is 0 Å². The normalized spacial score (nSPS) is 11.1. The third-order valence-electron chi connectivity index (χ3n) is 1.78. The van der Waals surface area contributed by atoms with Crippen molar-refractivity contribution in [2.45, 2.75) is 4.90 Å². The van der Waals surface area contributed by atoms with Crippen molar-refractivity contribution in [2.24, 2.45) is 5.73 Å². The average Bonchev–Trinajstić information content (AvgIpc) is 2.15. The summed E-state index contributed by atoms with van der Waals surface area (Å²) in [7, 11) is -4.50. The lowest BCUT2D eigenvalue weighted by atomic mass is 10.1. The fourth-order valence-corrected chi connectivity index (χ4v) is 1.58. The number of carboxylic acids is 1. The zero-order valence-corrected chi connectivity index (χ0v) is 8.56.